The molecular weight excluding hydrogens is 1310 g/mol. The van der Waals surface area contributed by atoms with Gasteiger partial charge in [0.25, 0.3) is 0 Å². The van der Waals surface area contributed by atoms with Gasteiger partial charge in [-0.2, -0.15) is 0 Å². The van der Waals surface area contributed by atoms with Crippen molar-refractivity contribution in [3.63, 3.8) is 0 Å². The molecule has 0 aliphatic carbocycles. The Kier molecular flexibility index (Phi) is 73.8. The van der Waals surface area contributed by atoms with Gasteiger partial charge in [0, 0.05) is 25.7 Å². The second-order valence-corrected chi connectivity index (χ2v) is 32.1. The third-order valence-electron chi connectivity index (χ3n) is 19.1. The van der Waals surface area contributed by atoms with Gasteiger partial charge in [0.15, 0.2) is 12.2 Å². The highest BCUT2D eigenvalue weighted by Gasteiger charge is 2.30. The molecule has 0 fully saturated rings. The molecule has 0 bridgehead atoms. The highest BCUT2D eigenvalue weighted by molar-refractivity contribution is 7.47. The summed E-state index contributed by atoms with van der Waals surface area (Å²) in [6, 6.07) is 0. The average Bonchev–Trinajstić information content (AvgIpc) is 0.947. The van der Waals surface area contributed by atoms with Crippen molar-refractivity contribution in [3.05, 3.63) is 0 Å². The summed E-state index contributed by atoms with van der Waals surface area (Å²) in [7, 11) is -9.92. The highest BCUT2D eigenvalue weighted by Crippen LogP contribution is 2.45. The first kappa shape index (κ1) is 98.1. The molecule has 0 spiro atoms. The first-order valence-electron chi connectivity index (χ1n) is 42.3. The van der Waals surface area contributed by atoms with Gasteiger partial charge in [-0.25, -0.2) is 9.13 Å². The maximum atomic E-state index is 13.1. The molecule has 0 aromatic heterocycles. The van der Waals surface area contributed by atoms with E-state index in [-0.39, 0.29) is 25.7 Å². The van der Waals surface area contributed by atoms with E-state index in [0.29, 0.717) is 25.7 Å². The molecule has 2 unspecified atom stereocenters. The highest BCUT2D eigenvalue weighted by atomic mass is 31.2. The van der Waals surface area contributed by atoms with Crippen molar-refractivity contribution in [1.29, 1.82) is 0 Å². The zero-order valence-corrected chi connectivity index (χ0v) is 67.0. The van der Waals surface area contributed by atoms with Crippen molar-refractivity contribution in [2.75, 3.05) is 39.6 Å². The van der Waals surface area contributed by atoms with Gasteiger partial charge >= 0.3 is 39.5 Å². The first-order chi connectivity index (χ1) is 48.7. The number of phosphoric ester groups is 2. The summed E-state index contributed by atoms with van der Waals surface area (Å²) < 4.78 is 68.7. The van der Waals surface area contributed by atoms with Crippen LogP contribution in [0.3, 0.4) is 0 Å². The predicted molar refractivity (Wildman–Crippen MR) is 409 cm³/mol. The molecule has 100 heavy (non-hydrogen) atoms. The van der Waals surface area contributed by atoms with Crippen LogP contribution in [0.4, 0.5) is 0 Å². The van der Waals surface area contributed by atoms with E-state index in [1.807, 2.05) is 0 Å². The Morgan fingerprint density at radius 1 is 0.240 bits per heavy atom. The molecule has 5 atom stereocenters. The Bertz CT molecular complexity index is 1890. The molecule has 0 aromatic carbocycles. The number of unbranched alkanes of at least 4 members (excludes halogenated alkanes) is 56. The van der Waals surface area contributed by atoms with E-state index in [9.17, 15) is 43.2 Å². The molecule has 0 amide bonds. The van der Waals surface area contributed by atoms with Crippen molar-refractivity contribution in [2.24, 2.45) is 0 Å². The van der Waals surface area contributed by atoms with Crippen LogP contribution in [0.5, 0.6) is 0 Å². The van der Waals surface area contributed by atoms with Gasteiger partial charge in [0.1, 0.15) is 19.3 Å². The number of esters is 4. The lowest BCUT2D eigenvalue weighted by Crippen LogP contribution is -2.30. The van der Waals surface area contributed by atoms with Gasteiger partial charge in [-0.3, -0.25) is 37.3 Å². The van der Waals surface area contributed by atoms with E-state index in [1.165, 1.54) is 270 Å². The molecule has 0 aliphatic heterocycles. The molecule has 0 aromatic rings. The second kappa shape index (κ2) is 75.3. The van der Waals surface area contributed by atoms with Crippen molar-refractivity contribution in [1.82, 2.24) is 0 Å². The quantitative estimate of drug-likeness (QED) is 0.0222. The van der Waals surface area contributed by atoms with Crippen LogP contribution in [0, 0.1) is 0 Å². The van der Waals surface area contributed by atoms with Crippen LogP contribution in [-0.4, -0.2) is 96.7 Å². The number of hydrogen-bond donors (Lipinski definition) is 3. The number of phosphoric acid groups is 2. The van der Waals surface area contributed by atoms with Gasteiger partial charge in [0.2, 0.25) is 0 Å². The molecule has 0 heterocycles. The summed E-state index contributed by atoms with van der Waals surface area (Å²) in [4.78, 5) is 73.0. The topological polar surface area (TPSA) is 237 Å². The van der Waals surface area contributed by atoms with Gasteiger partial charge in [-0.1, -0.05) is 387 Å². The molecule has 0 saturated carbocycles. The first-order valence-corrected chi connectivity index (χ1v) is 45.3. The van der Waals surface area contributed by atoms with E-state index < -0.39 is 97.5 Å². The lowest BCUT2D eigenvalue weighted by atomic mass is 10.0. The minimum atomic E-state index is -4.96. The van der Waals surface area contributed by atoms with E-state index in [0.717, 1.165) is 89.9 Å². The molecule has 0 saturated heterocycles. The molecule has 0 radical (unpaired) electrons. The number of aliphatic hydroxyl groups is 1. The monoisotopic (exact) mass is 1470 g/mol. The van der Waals surface area contributed by atoms with Gasteiger partial charge < -0.3 is 33.8 Å². The van der Waals surface area contributed by atoms with Crippen LogP contribution >= 0.6 is 15.6 Å². The lowest BCUT2D eigenvalue weighted by molar-refractivity contribution is -0.161. The van der Waals surface area contributed by atoms with Gasteiger partial charge in [0.05, 0.1) is 26.4 Å². The normalized spacial score (nSPS) is 13.8. The van der Waals surface area contributed by atoms with Gasteiger partial charge in [-0.05, 0) is 25.7 Å². The third kappa shape index (κ3) is 74.3. The maximum Gasteiger partial charge on any atom is 0.472 e. The van der Waals surface area contributed by atoms with Crippen molar-refractivity contribution in [2.45, 2.75) is 457 Å². The lowest BCUT2D eigenvalue weighted by Gasteiger charge is -2.21. The molecule has 17 nitrogen and oxygen atoms in total. The molecule has 0 rings (SSSR count). The summed E-state index contributed by atoms with van der Waals surface area (Å²) in [5.41, 5.74) is 0. The fourth-order valence-corrected chi connectivity index (χ4v) is 14.2. The zero-order chi connectivity index (χ0) is 73.2. The molecular formula is C81H158O17P2. The summed E-state index contributed by atoms with van der Waals surface area (Å²) in [5, 5.41) is 10.6. The summed E-state index contributed by atoms with van der Waals surface area (Å²) >= 11 is 0. The number of carbonyl (C=O) groups excluding carboxylic acids is 4. The SMILES string of the molecule is CCCCCCCCCCCCCCCCCCCCC(=O)OC[C@H](COP(=O)(O)OC[C@@H](O)COP(=O)(O)OC[C@@H](COC(=O)CCCCCCCCCCC)OC(=O)CCCCCCCCCCCCCCCCC)OC(=O)CCCCCCCCCCCCCCCCCCCC. The third-order valence-corrected chi connectivity index (χ3v) is 21.0. The van der Waals surface area contributed by atoms with Crippen molar-refractivity contribution in [3.8, 4) is 0 Å². The zero-order valence-electron chi connectivity index (χ0n) is 65.2. The smallest absolute Gasteiger partial charge is 0.462 e. The minimum absolute atomic E-state index is 0.109. The second-order valence-electron chi connectivity index (χ2n) is 29.2. The van der Waals surface area contributed by atoms with E-state index in [4.69, 9.17) is 37.0 Å². The molecule has 19 heteroatoms. The minimum Gasteiger partial charge on any atom is -0.462 e. The number of ether oxygens (including phenoxy) is 4. The van der Waals surface area contributed by atoms with E-state index in [2.05, 4.69) is 27.7 Å². The number of hydrogen-bond acceptors (Lipinski definition) is 15. The van der Waals surface area contributed by atoms with E-state index >= 15 is 0 Å². The maximum absolute atomic E-state index is 13.1. The molecule has 3 N–H and O–H groups in total. The summed E-state index contributed by atoms with van der Waals surface area (Å²) in [5.74, 6) is -2.10. The fraction of sp³-hybridized carbons (Fsp3) is 0.951. The average molecular weight is 1470 g/mol. The Hall–Kier alpha value is -1.94. The van der Waals surface area contributed by atoms with Crippen LogP contribution in [0.25, 0.3) is 0 Å². The van der Waals surface area contributed by atoms with Crippen LogP contribution < -0.4 is 0 Å². The fourth-order valence-electron chi connectivity index (χ4n) is 12.6. The van der Waals surface area contributed by atoms with E-state index in [1.54, 1.807) is 0 Å². The van der Waals surface area contributed by atoms with Gasteiger partial charge in [-0.15, -0.1) is 0 Å². The Morgan fingerprint density at radius 3 is 0.590 bits per heavy atom. The molecule has 594 valence electrons. The van der Waals surface area contributed by atoms with Crippen LogP contribution in [0.15, 0.2) is 0 Å². The Morgan fingerprint density at radius 2 is 0.400 bits per heavy atom. The standard InChI is InChI=1S/C81H158O17P2/c1-5-9-13-17-21-25-28-31-34-36-38-41-43-46-50-54-58-62-66-79(84)92-72-77(98-81(86)68-64-60-56-52-48-45-42-39-37-35-32-29-26-22-18-14-10-6-2)74-96-100(89,90)94-70-75(82)69-93-99(87,88)95-73-76(71-91-78(83)65-61-57-53-49-24-20-16-12-8-4)97-80(85)67-63-59-55-51-47-44-40-33-30-27-23-19-15-11-7-3/h75-77,82H,5-74H2,1-4H3,(H,87,88)(H,89,90)/t75-,76+,77+/m0/s1. The van der Waals surface area contributed by atoms with Crippen LogP contribution in [-0.2, 0) is 65.4 Å². The number of carbonyl (C=O) groups is 4. The predicted octanol–water partition coefficient (Wildman–Crippen LogP) is 24.6. The van der Waals surface area contributed by atoms with Crippen molar-refractivity contribution >= 4 is 39.5 Å². The number of aliphatic hydroxyl groups excluding tert-OH is 1. The van der Waals surface area contributed by atoms with Crippen LogP contribution in [0.1, 0.15) is 439 Å². The van der Waals surface area contributed by atoms with Crippen molar-refractivity contribution < 1.29 is 80.2 Å². The summed E-state index contributed by atoms with van der Waals surface area (Å²) in [6.45, 7) is 5.02. The Balaban J connectivity index is 5.21. The summed E-state index contributed by atoms with van der Waals surface area (Å²) in [6.07, 6.45) is 68.0. The number of rotatable bonds is 82. The molecule has 0 aliphatic rings. The van der Waals surface area contributed by atoms with Crippen LogP contribution in [0.2, 0.25) is 0 Å². The Labute approximate surface area is 613 Å². The largest absolute Gasteiger partial charge is 0.472 e.